The number of carboxylic acid groups (broad SMARTS) is 1. The van der Waals surface area contributed by atoms with Gasteiger partial charge in [-0.3, -0.25) is 14.2 Å². The number of rotatable bonds is 8. The monoisotopic (exact) mass is 619 g/mol. The molecule has 0 fully saturated rings. The van der Waals surface area contributed by atoms with Crippen LogP contribution in [-0.2, 0) is 17.9 Å². The van der Waals surface area contributed by atoms with Crippen LogP contribution in [0.5, 0.6) is 5.75 Å². The number of benzene rings is 3. The van der Waals surface area contributed by atoms with Crippen molar-refractivity contribution >= 4 is 45.3 Å². The zero-order valence-corrected chi connectivity index (χ0v) is 24.6. The van der Waals surface area contributed by atoms with Crippen LogP contribution < -0.4 is 11.3 Å². The maximum Gasteiger partial charge on any atom is 0.303 e. The molecule has 4 N–H and O–H groups in total. The van der Waals surface area contributed by atoms with E-state index in [4.69, 9.17) is 32.5 Å². The predicted molar refractivity (Wildman–Crippen MR) is 171 cm³/mol. The van der Waals surface area contributed by atoms with Gasteiger partial charge in [-0.1, -0.05) is 59.8 Å². The Morgan fingerprint density at radius 2 is 1.82 bits per heavy atom. The average molecular weight is 620 g/mol. The van der Waals surface area contributed by atoms with Crippen molar-refractivity contribution in [2.75, 3.05) is 5.73 Å². The van der Waals surface area contributed by atoms with Crippen molar-refractivity contribution in [3.8, 4) is 28.8 Å². The molecule has 0 unspecified atom stereocenters. The average Bonchev–Trinajstić information content (AvgIpc) is 3.39. The van der Waals surface area contributed by atoms with Gasteiger partial charge in [-0.2, -0.15) is 5.10 Å². The molecule has 224 valence electrons. The van der Waals surface area contributed by atoms with Gasteiger partial charge in [0.05, 0.1) is 22.8 Å². The fourth-order valence-electron chi connectivity index (χ4n) is 5.11. The van der Waals surface area contributed by atoms with E-state index in [2.05, 4.69) is 21.8 Å². The largest absolute Gasteiger partial charge is 0.508 e. The first-order chi connectivity index (χ1) is 21.8. The second-order valence-electron chi connectivity index (χ2n) is 10.3. The Kier molecular flexibility index (Phi) is 8.14. The molecular formula is C33H26ClN7O4. The lowest BCUT2D eigenvalue weighted by atomic mass is 10.1. The van der Waals surface area contributed by atoms with E-state index < -0.39 is 5.97 Å². The first kappa shape index (κ1) is 29.3. The van der Waals surface area contributed by atoms with E-state index in [1.165, 1.54) is 6.33 Å². The summed E-state index contributed by atoms with van der Waals surface area (Å²) < 4.78 is 3.15. The molecule has 0 spiro atoms. The Morgan fingerprint density at radius 1 is 1.00 bits per heavy atom. The zero-order chi connectivity index (χ0) is 31.5. The number of halogens is 1. The fraction of sp³-hybridized carbons (Fsp3) is 0.152. The molecule has 3 aromatic carbocycles. The molecule has 6 rings (SSSR count). The number of fused-ring (bicyclic) bond motifs is 2. The van der Waals surface area contributed by atoms with Crippen molar-refractivity contribution in [3.63, 3.8) is 0 Å². The number of aromatic hydroxyl groups is 1. The fourth-order valence-corrected chi connectivity index (χ4v) is 5.31. The second kappa shape index (κ2) is 12.5. The molecule has 45 heavy (non-hydrogen) atoms. The summed E-state index contributed by atoms with van der Waals surface area (Å²) in [5, 5.41) is 25.2. The van der Waals surface area contributed by atoms with E-state index in [9.17, 15) is 14.7 Å². The van der Waals surface area contributed by atoms with Gasteiger partial charge in [-0.15, -0.1) is 0 Å². The normalized spacial score (nSPS) is 11.0. The van der Waals surface area contributed by atoms with Crippen LogP contribution in [0.25, 0.3) is 33.2 Å². The highest BCUT2D eigenvalue weighted by molar-refractivity contribution is 6.31. The van der Waals surface area contributed by atoms with Crippen LogP contribution in [0.15, 0.2) is 77.9 Å². The van der Waals surface area contributed by atoms with Crippen LogP contribution in [0.3, 0.4) is 0 Å². The maximum atomic E-state index is 14.3. The number of unbranched alkanes of at least 4 members (excludes halogenated alkanes) is 1. The van der Waals surface area contributed by atoms with Crippen molar-refractivity contribution in [2.24, 2.45) is 0 Å². The lowest BCUT2D eigenvalue weighted by Crippen LogP contribution is -2.28. The minimum Gasteiger partial charge on any atom is -0.508 e. The molecule has 0 amide bonds. The Hall–Kier alpha value is -5.73. The number of carboxylic acids is 1. The third-order valence-corrected chi connectivity index (χ3v) is 7.60. The van der Waals surface area contributed by atoms with E-state index in [0.717, 1.165) is 5.56 Å². The summed E-state index contributed by atoms with van der Waals surface area (Å²) in [4.78, 5) is 38.6. The summed E-state index contributed by atoms with van der Waals surface area (Å²) in [6.45, 7) is 0.180. The maximum absolute atomic E-state index is 14.3. The number of anilines is 1. The molecule has 0 aliphatic carbocycles. The van der Waals surface area contributed by atoms with Crippen LogP contribution in [-0.4, -0.2) is 45.5 Å². The SMILES string of the molecule is Nc1ncnc2c1c(-c1cccc(O)c1)nn2Cc1nc2cccc(C#CCCCC(=O)O)c2c(=O)n1Cc1ccccc1Cl. The van der Waals surface area contributed by atoms with E-state index in [1.807, 2.05) is 18.2 Å². The number of nitrogens with two attached hydrogens (primary N) is 1. The Bertz CT molecular complexity index is 2220. The van der Waals surface area contributed by atoms with E-state index in [0.29, 0.717) is 62.4 Å². The Labute approximate surface area is 261 Å². The number of carbonyl (C=O) groups is 1. The van der Waals surface area contributed by atoms with E-state index >= 15 is 0 Å². The molecule has 3 aromatic heterocycles. The molecule has 11 nitrogen and oxygen atoms in total. The van der Waals surface area contributed by atoms with Gasteiger partial charge in [-0.25, -0.2) is 19.6 Å². The van der Waals surface area contributed by atoms with Gasteiger partial charge in [0, 0.05) is 29.0 Å². The third-order valence-electron chi connectivity index (χ3n) is 7.23. The van der Waals surface area contributed by atoms with Crippen molar-refractivity contribution < 1.29 is 15.0 Å². The number of nitrogen functional groups attached to an aromatic ring is 1. The van der Waals surface area contributed by atoms with E-state index in [-0.39, 0.29) is 36.6 Å². The molecule has 0 saturated heterocycles. The van der Waals surface area contributed by atoms with Gasteiger partial charge in [0.15, 0.2) is 5.65 Å². The summed E-state index contributed by atoms with van der Waals surface area (Å²) in [5.41, 5.74) is 9.15. The topological polar surface area (TPSA) is 162 Å². The molecule has 0 aliphatic heterocycles. The lowest BCUT2D eigenvalue weighted by Gasteiger charge is -2.15. The van der Waals surface area contributed by atoms with Crippen LogP contribution in [0.4, 0.5) is 5.82 Å². The van der Waals surface area contributed by atoms with Gasteiger partial charge >= 0.3 is 5.97 Å². The van der Waals surface area contributed by atoms with Gasteiger partial charge in [-0.05, 0) is 42.3 Å². The van der Waals surface area contributed by atoms with Crippen molar-refractivity contribution in [3.05, 3.63) is 105 Å². The Balaban J connectivity index is 1.51. The van der Waals surface area contributed by atoms with Gasteiger partial charge < -0.3 is 15.9 Å². The summed E-state index contributed by atoms with van der Waals surface area (Å²) >= 11 is 6.52. The van der Waals surface area contributed by atoms with E-state index in [1.54, 1.807) is 57.8 Å². The number of aliphatic carboxylic acids is 1. The minimum atomic E-state index is -0.880. The molecule has 12 heteroatoms. The molecule has 0 bridgehead atoms. The summed E-state index contributed by atoms with van der Waals surface area (Å²) in [6, 6.07) is 19.2. The molecular weight excluding hydrogens is 594 g/mol. The highest BCUT2D eigenvalue weighted by atomic mass is 35.5. The smallest absolute Gasteiger partial charge is 0.303 e. The molecule has 0 radical (unpaired) electrons. The van der Waals surface area contributed by atoms with Gasteiger partial charge in [0.1, 0.15) is 36.0 Å². The van der Waals surface area contributed by atoms with Crippen LogP contribution in [0.2, 0.25) is 5.02 Å². The molecule has 0 saturated carbocycles. The van der Waals surface area contributed by atoms with Crippen molar-refractivity contribution in [1.29, 1.82) is 0 Å². The summed E-state index contributed by atoms with van der Waals surface area (Å²) in [7, 11) is 0. The second-order valence-corrected chi connectivity index (χ2v) is 10.7. The predicted octanol–water partition coefficient (Wildman–Crippen LogP) is 4.85. The quantitative estimate of drug-likeness (QED) is 0.160. The highest BCUT2D eigenvalue weighted by Crippen LogP contribution is 2.32. The van der Waals surface area contributed by atoms with Crippen molar-refractivity contribution in [2.45, 2.75) is 32.4 Å². The molecule has 6 aromatic rings. The zero-order valence-electron chi connectivity index (χ0n) is 23.8. The van der Waals surface area contributed by atoms with Crippen LogP contribution in [0, 0.1) is 11.8 Å². The highest BCUT2D eigenvalue weighted by Gasteiger charge is 2.21. The van der Waals surface area contributed by atoms with Crippen LogP contribution in [0.1, 0.15) is 36.2 Å². The number of hydrogen-bond donors (Lipinski definition) is 3. The third kappa shape index (κ3) is 6.04. The first-order valence-corrected chi connectivity index (χ1v) is 14.4. The number of hydrogen-bond acceptors (Lipinski definition) is 8. The number of aromatic nitrogens is 6. The number of phenols is 1. The van der Waals surface area contributed by atoms with Crippen LogP contribution >= 0.6 is 11.6 Å². The molecule has 0 atom stereocenters. The van der Waals surface area contributed by atoms with Crippen molar-refractivity contribution in [1.82, 2.24) is 29.3 Å². The summed E-state index contributed by atoms with van der Waals surface area (Å²) in [5.74, 6) is 5.82. The lowest BCUT2D eigenvalue weighted by molar-refractivity contribution is -0.137. The number of phenolic OH excluding ortho intramolecular Hbond substituents is 1. The molecule has 0 aliphatic rings. The summed E-state index contributed by atoms with van der Waals surface area (Å²) in [6.07, 6.45) is 2.14. The minimum absolute atomic E-state index is 0.0194. The standard InChI is InChI=1S/C33H26ClN7O4/c34-24-13-5-4-9-22(24)17-40-26(38-25-14-7-10-20(28(25)33(40)45)8-2-1-3-15-27(43)44)18-41-32-29(31(35)36-19-37-32)30(39-41)21-11-6-12-23(42)16-21/h4-7,9-14,16,19,42H,1,3,15,17-18H2,(H,43,44)(H2,35,36,37). The Morgan fingerprint density at radius 3 is 2.62 bits per heavy atom. The van der Waals surface area contributed by atoms with Gasteiger partial charge in [0.25, 0.3) is 5.56 Å². The first-order valence-electron chi connectivity index (χ1n) is 14.0. The molecule has 3 heterocycles. The number of nitrogens with zero attached hydrogens (tertiary/aromatic N) is 6. The van der Waals surface area contributed by atoms with Gasteiger partial charge in [0.2, 0.25) is 0 Å².